The molecular formula is C45H27N3O2. The van der Waals surface area contributed by atoms with Gasteiger partial charge >= 0.3 is 0 Å². The van der Waals surface area contributed by atoms with Crippen molar-refractivity contribution in [2.45, 2.75) is 0 Å². The van der Waals surface area contributed by atoms with E-state index in [0.29, 0.717) is 17.5 Å². The van der Waals surface area contributed by atoms with Crippen LogP contribution >= 0.6 is 0 Å². The summed E-state index contributed by atoms with van der Waals surface area (Å²) in [6, 6.07) is 55.7. The van der Waals surface area contributed by atoms with Gasteiger partial charge in [-0.1, -0.05) is 127 Å². The van der Waals surface area contributed by atoms with E-state index in [1.807, 2.05) is 91.0 Å². The zero-order valence-electron chi connectivity index (χ0n) is 26.7. The second-order valence-electron chi connectivity index (χ2n) is 12.4. The topological polar surface area (TPSA) is 65.0 Å². The molecule has 50 heavy (non-hydrogen) atoms. The molecule has 3 aromatic heterocycles. The van der Waals surface area contributed by atoms with Gasteiger partial charge in [0.15, 0.2) is 17.5 Å². The summed E-state index contributed by atoms with van der Waals surface area (Å²) in [6.45, 7) is 0. The highest BCUT2D eigenvalue weighted by Crippen LogP contribution is 2.43. The fourth-order valence-electron chi connectivity index (χ4n) is 6.95. The van der Waals surface area contributed by atoms with Crippen molar-refractivity contribution in [1.29, 1.82) is 0 Å². The van der Waals surface area contributed by atoms with E-state index in [9.17, 15) is 0 Å². The molecule has 10 rings (SSSR count). The molecular weight excluding hydrogens is 615 g/mol. The van der Waals surface area contributed by atoms with Gasteiger partial charge in [0.05, 0.1) is 0 Å². The molecule has 0 amide bonds. The van der Waals surface area contributed by atoms with Crippen LogP contribution in [-0.4, -0.2) is 15.0 Å². The molecule has 0 bridgehead atoms. The van der Waals surface area contributed by atoms with Crippen molar-refractivity contribution in [3.63, 3.8) is 0 Å². The molecule has 0 aliphatic heterocycles. The molecule has 234 valence electrons. The Morgan fingerprint density at radius 2 is 0.840 bits per heavy atom. The van der Waals surface area contributed by atoms with Gasteiger partial charge in [-0.3, -0.25) is 0 Å². The van der Waals surface area contributed by atoms with E-state index in [-0.39, 0.29) is 0 Å². The second-order valence-corrected chi connectivity index (χ2v) is 12.4. The number of hydrogen-bond donors (Lipinski definition) is 0. The lowest BCUT2D eigenvalue weighted by Gasteiger charge is -2.11. The molecule has 10 aromatic rings. The van der Waals surface area contributed by atoms with Crippen LogP contribution < -0.4 is 0 Å². The van der Waals surface area contributed by atoms with Crippen molar-refractivity contribution in [2.24, 2.45) is 0 Å². The average molecular weight is 642 g/mol. The van der Waals surface area contributed by atoms with Crippen molar-refractivity contribution in [1.82, 2.24) is 15.0 Å². The molecule has 0 N–H and O–H groups in total. The smallest absolute Gasteiger partial charge is 0.164 e. The molecule has 0 saturated carbocycles. The number of aromatic nitrogens is 3. The molecule has 0 spiro atoms. The lowest BCUT2D eigenvalue weighted by atomic mass is 9.93. The van der Waals surface area contributed by atoms with Gasteiger partial charge in [0.25, 0.3) is 0 Å². The largest absolute Gasteiger partial charge is 0.456 e. The van der Waals surface area contributed by atoms with Crippen molar-refractivity contribution in [3.05, 3.63) is 164 Å². The monoisotopic (exact) mass is 641 g/mol. The Balaban J connectivity index is 1.14. The molecule has 0 saturated heterocycles. The van der Waals surface area contributed by atoms with Gasteiger partial charge in [0, 0.05) is 43.8 Å². The number of benzene rings is 7. The van der Waals surface area contributed by atoms with Crippen LogP contribution in [0.15, 0.2) is 173 Å². The number of fused-ring (bicyclic) bond motifs is 6. The number of furan rings is 2. The summed E-state index contributed by atoms with van der Waals surface area (Å²) in [6.07, 6.45) is 0. The van der Waals surface area contributed by atoms with E-state index in [1.54, 1.807) is 0 Å². The van der Waals surface area contributed by atoms with Crippen LogP contribution in [0.4, 0.5) is 0 Å². The van der Waals surface area contributed by atoms with E-state index < -0.39 is 0 Å². The summed E-state index contributed by atoms with van der Waals surface area (Å²) in [5.41, 5.74) is 10.4. The van der Waals surface area contributed by atoms with Crippen LogP contribution in [0.25, 0.3) is 100 Å². The Hall–Kier alpha value is -6.85. The number of rotatable bonds is 5. The first-order valence-electron chi connectivity index (χ1n) is 16.6. The maximum Gasteiger partial charge on any atom is 0.164 e. The molecule has 0 atom stereocenters. The Labute approximate surface area is 287 Å². The van der Waals surface area contributed by atoms with E-state index in [4.69, 9.17) is 23.8 Å². The summed E-state index contributed by atoms with van der Waals surface area (Å²) in [7, 11) is 0. The fourth-order valence-corrected chi connectivity index (χ4v) is 6.95. The van der Waals surface area contributed by atoms with Crippen molar-refractivity contribution in [3.8, 4) is 56.4 Å². The first-order valence-corrected chi connectivity index (χ1v) is 16.6. The standard InChI is InChI=1S/C45H27N3O2/c1-3-12-28(13-4-1)43-46-44(29-14-5-2-6-15-29)48-45(47-43)32-17-11-16-30(26-32)33-24-25-34(42-41(33)37-19-8-10-21-39(37)50-42)31-22-23-36-35-18-7-9-20-38(35)49-40(36)27-31/h1-27H. The van der Waals surface area contributed by atoms with Gasteiger partial charge in [-0.15, -0.1) is 0 Å². The lowest BCUT2D eigenvalue weighted by Crippen LogP contribution is -2.00. The summed E-state index contributed by atoms with van der Waals surface area (Å²) < 4.78 is 12.9. The third kappa shape index (κ3) is 4.67. The predicted octanol–water partition coefficient (Wildman–Crippen LogP) is 12.0. The zero-order chi connectivity index (χ0) is 33.0. The maximum absolute atomic E-state index is 6.65. The maximum atomic E-state index is 6.65. The average Bonchev–Trinajstić information content (AvgIpc) is 3.77. The molecule has 5 nitrogen and oxygen atoms in total. The van der Waals surface area contributed by atoms with Gasteiger partial charge in [-0.05, 0) is 53.1 Å². The minimum Gasteiger partial charge on any atom is -0.456 e. The van der Waals surface area contributed by atoms with Gasteiger partial charge in [0.2, 0.25) is 0 Å². The normalized spacial score (nSPS) is 11.6. The van der Waals surface area contributed by atoms with Gasteiger partial charge in [0.1, 0.15) is 22.3 Å². The Bertz CT molecular complexity index is 2810. The molecule has 7 aromatic carbocycles. The van der Waals surface area contributed by atoms with E-state index in [0.717, 1.165) is 82.8 Å². The van der Waals surface area contributed by atoms with Crippen LogP contribution in [0, 0.1) is 0 Å². The minimum atomic E-state index is 0.614. The van der Waals surface area contributed by atoms with Gasteiger partial charge in [-0.2, -0.15) is 0 Å². The van der Waals surface area contributed by atoms with Crippen LogP contribution in [0.1, 0.15) is 0 Å². The van der Waals surface area contributed by atoms with Crippen molar-refractivity contribution in [2.75, 3.05) is 0 Å². The third-order valence-electron chi connectivity index (χ3n) is 9.35. The molecule has 0 unspecified atom stereocenters. The van der Waals surface area contributed by atoms with Crippen molar-refractivity contribution >= 4 is 43.9 Å². The van der Waals surface area contributed by atoms with Crippen LogP contribution in [0.3, 0.4) is 0 Å². The Kier molecular flexibility index (Phi) is 6.42. The summed E-state index contributed by atoms with van der Waals surface area (Å²) in [5.74, 6) is 1.88. The van der Waals surface area contributed by atoms with Crippen LogP contribution in [0.2, 0.25) is 0 Å². The molecule has 5 heteroatoms. The van der Waals surface area contributed by atoms with Crippen LogP contribution in [-0.2, 0) is 0 Å². The summed E-state index contributed by atoms with van der Waals surface area (Å²) in [4.78, 5) is 14.8. The number of nitrogens with zero attached hydrogens (tertiary/aromatic N) is 3. The molecule has 0 fully saturated rings. The quantitative estimate of drug-likeness (QED) is 0.187. The Morgan fingerprint density at radius 1 is 0.320 bits per heavy atom. The molecule has 0 radical (unpaired) electrons. The first-order chi connectivity index (χ1) is 24.8. The highest BCUT2D eigenvalue weighted by Gasteiger charge is 2.19. The highest BCUT2D eigenvalue weighted by molar-refractivity contribution is 6.17. The fraction of sp³-hybridized carbons (Fsp3) is 0. The number of para-hydroxylation sites is 2. The highest BCUT2D eigenvalue weighted by atomic mass is 16.3. The first kappa shape index (κ1) is 28.2. The van der Waals surface area contributed by atoms with Gasteiger partial charge < -0.3 is 8.83 Å². The summed E-state index contributed by atoms with van der Waals surface area (Å²) >= 11 is 0. The van der Waals surface area contributed by atoms with E-state index >= 15 is 0 Å². The van der Waals surface area contributed by atoms with Crippen molar-refractivity contribution < 1.29 is 8.83 Å². The summed E-state index contributed by atoms with van der Waals surface area (Å²) in [5, 5.41) is 4.34. The van der Waals surface area contributed by atoms with E-state index in [1.165, 1.54) is 0 Å². The molecule has 0 aliphatic rings. The predicted molar refractivity (Wildman–Crippen MR) is 202 cm³/mol. The third-order valence-corrected chi connectivity index (χ3v) is 9.35. The second kappa shape index (κ2) is 11.4. The van der Waals surface area contributed by atoms with E-state index in [2.05, 4.69) is 72.8 Å². The molecule has 3 heterocycles. The lowest BCUT2D eigenvalue weighted by molar-refractivity contribution is 0.668. The zero-order valence-corrected chi connectivity index (χ0v) is 26.7. The number of hydrogen-bond acceptors (Lipinski definition) is 5. The SMILES string of the molecule is c1ccc(-c2nc(-c3ccccc3)nc(-c3cccc(-c4ccc(-c5ccc6c(c5)oc5ccccc56)c5oc6ccccc6c45)c3)n2)cc1. The van der Waals surface area contributed by atoms with Gasteiger partial charge in [-0.25, -0.2) is 15.0 Å². The van der Waals surface area contributed by atoms with Crippen LogP contribution in [0.5, 0.6) is 0 Å². The minimum absolute atomic E-state index is 0.614. The Morgan fingerprint density at radius 3 is 1.56 bits per heavy atom. The molecule has 0 aliphatic carbocycles.